The Morgan fingerprint density at radius 1 is 1.12 bits per heavy atom. The number of hydrogen-bond donors (Lipinski definition) is 1. The molecule has 25 heavy (non-hydrogen) atoms. The van der Waals surface area contributed by atoms with Crippen LogP contribution in [0.15, 0.2) is 30.3 Å². The van der Waals surface area contributed by atoms with Crippen molar-refractivity contribution in [3.05, 3.63) is 35.9 Å². The van der Waals surface area contributed by atoms with E-state index in [1.54, 1.807) is 0 Å². The quantitative estimate of drug-likeness (QED) is 0.860. The topological polar surface area (TPSA) is 58.6 Å². The minimum absolute atomic E-state index is 0.0267. The zero-order valence-electron chi connectivity index (χ0n) is 14.8. The number of likely N-dealkylation sites (tertiary alicyclic amines) is 1. The van der Waals surface area contributed by atoms with Gasteiger partial charge in [0.1, 0.15) is 0 Å². The summed E-state index contributed by atoms with van der Waals surface area (Å²) in [6, 6.07) is 10.5. The van der Waals surface area contributed by atoms with Crippen LogP contribution in [0.2, 0.25) is 0 Å². The third-order valence-electron chi connectivity index (χ3n) is 5.21. The van der Waals surface area contributed by atoms with Gasteiger partial charge < -0.3 is 15.0 Å². The summed E-state index contributed by atoms with van der Waals surface area (Å²) in [7, 11) is 0. The molecule has 3 rings (SSSR count). The third kappa shape index (κ3) is 5.56. The van der Waals surface area contributed by atoms with E-state index in [4.69, 9.17) is 4.74 Å². The van der Waals surface area contributed by atoms with Crippen molar-refractivity contribution in [1.82, 2.24) is 10.2 Å². The van der Waals surface area contributed by atoms with Crippen LogP contribution in [0, 0.1) is 5.92 Å². The molecule has 2 fully saturated rings. The van der Waals surface area contributed by atoms with E-state index in [2.05, 4.69) is 29.6 Å². The van der Waals surface area contributed by atoms with Crippen LogP contribution in [0.5, 0.6) is 0 Å². The molecule has 1 aromatic rings. The fourth-order valence-corrected chi connectivity index (χ4v) is 3.70. The summed E-state index contributed by atoms with van der Waals surface area (Å²) < 4.78 is 5.45. The van der Waals surface area contributed by atoms with Crippen molar-refractivity contribution in [3.63, 3.8) is 0 Å². The average Bonchev–Trinajstić information content (AvgIpc) is 3.14. The summed E-state index contributed by atoms with van der Waals surface area (Å²) in [5.41, 5.74) is 1.37. The Bertz CT molecular complexity index is 562. The van der Waals surface area contributed by atoms with Gasteiger partial charge in [-0.1, -0.05) is 30.3 Å². The molecule has 5 heteroatoms. The summed E-state index contributed by atoms with van der Waals surface area (Å²) in [6.07, 6.45) is 5.51. The fraction of sp³-hybridized carbons (Fsp3) is 0.600. The zero-order chi connectivity index (χ0) is 17.5. The fourth-order valence-electron chi connectivity index (χ4n) is 3.70. The van der Waals surface area contributed by atoms with Crippen LogP contribution in [-0.4, -0.2) is 49.1 Å². The summed E-state index contributed by atoms with van der Waals surface area (Å²) in [6.45, 7) is 2.43. The van der Waals surface area contributed by atoms with Gasteiger partial charge in [0.2, 0.25) is 11.8 Å². The van der Waals surface area contributed by atoms with Crippen LogP contribution in [0.1, 0.15) is 37.7 Å². The number of amides is 2. The molecule has 0 bridgehead atoms. The van der Waals surface area contributed by atoms with Crippen LogP contribution < -0.4 is 5.32 Å². The maximum atomic E-state index is 12.3. The number of nitrogens with zero attached hydrogens (tertiary/aromatic N) is 1. The molecular weight excluding hydrogens is 316 g/mol. The molecule has 1 aromatic carbocycles. The second kappa shape index (κ2) is 8.99. The Morgan fingerprint density at radius 3 is 2.56 bits per heavy atom. The standard InChI is InChI=1S/C20H28N2O3/c23-19(14-18-7-4-12-25-18)21-15-20(24)22-10-8-17(9-11-22)13-16-5-2-1-3-6-16/h1-3,5-6,17-18H,4,7-15H2,(H,21,23). The molecule has 1 N–H and O–H groups in total. The van der Waals surface area contributed by atoms with Gasteiger partial charge in [-0.25, -0.2) is 0 Å². The van der Waals surface area contributed by atoms with Crippen LogP contribution in [0.4, 0.5) is 0 Å². The van der Waals surface area contributed by atoms with E-state index in [-0.39, 0.29) is 24.5 Å². The van der Waals surface area contributed by atoms with Gasteiger partial charge in [-0.2, -0.15) is 0 Å². The van der Waals surface area contributed by atoms with Crippen molar-refractivity contribution < 1.29 is 14.3 Å². The van der Waals surface area contributed by atoms with Crippen LogP contribution in [-0.2, 0) is 20.7 Å². The highest BCUT2D eigenvalue weighted by Gasteiger charge is 2.24. The molecule has 5 nitrogen and oxygen atoms in total. The SMILES string of the molecule is O=C(CC1CCCO1)NCC(=O)N1CCC(Cc2ccccc2)CC1. The van der Waals surface area contributed by atoms with Crippen LogP contribution in [0.25, 0.3) is 0 Å². The zero-order valence-corrected chi connectivity index (χ0v) is 14.8. The first-order valence-corrected chi connectivity index (χ1v) is 9.40. The number of piperidine rings is 1. The number of carbonyl (C=O) groups excluding carboxylic acids is 2. The van der Waals surface area contributed by atoms with Crippen molar-refractivity contribution in [1.29, 1.82) is 0 Å². The first-order chi connectivity index (χ1) is 12.2. The number of nitrogens with one attached hydrogen (secondary N) is 1. The monoisotopic (exact) mass is 344 g/mol. The highest BCUT2D eigenvalue weighted by Crippen LogP contribution is 2.21. The van der Waals surface area contributed by atoms with Gasteiger partial charge in [0.25, 0.3) is 0 Å². The summed E-state index contributed by atoms with van der Waals surface area (Å²) in [4.78, 5) is 26.0. The lowest BCUT2D eigenvalue weighted by Gasteiger charge is -2.32. The average molecular weight is 344 g/mol. The van der Waals surface area contributed by atoms with Crippen molar-refractivity contribution in [2.75, 3.05) is 26.2 Å². The second-order valence-electron chi connectivity index (χ2n) is 7.13. The van der Waals surface area contributed by atoms with Crippen LogP contribution >= 0.6 is 0 Å². The van der Waals surface area contributed by atoms with Gasteiger partial charge in [0.05, 0.1) is 19.1 Å². The van der Waals surface area contributed by atoms with Gasteiger partial charge in [-0.15, -0.1) is 0 Å². The number of hydrogen-bond acceptors (Lipinski definition) is 3. The van der Waals surface area contributed by atoms with Crippen molar-refractivity contribution in [3.8, 4) is 0 Å². The molecule has 2 amide bonds. The van der Waals surface area contributed by atoms with E-state index in [1.807, 2.05) is 11.0 Å². The molecule has 2 aliphatic rings. The predicted octanol–water partition coefficient (Wildman–Crippen LogP) is 2.15. The molecule has 0 spiro atoms. The minimum Gasteiger partial charge on any atom is -0.378 e. The number of benzene rings is 1. The van der Waals surface area contributed by atoms with E-state index >= 15 is 0 Å². The van der Waals surface area contributed by atoms with Gasteiger partial charge in [-0.3, -0.25) is 9.59 Å². The third-order valence-corrected chi connectivity index (χ3v) is 5.21. The van der Waals surface area contributed by atoms with Gasteiger partial charge in [0, 0.05) is 19.7 Å². The Balaban J connectivity index is 1.34. The summed E-state index contributed by atoms with van der Waals surface area (Å²) in [5.74, 6) is 0.582. The van der Waals surface area contributed by atoms with Gasteiger partial charge in [0.15, 0.2) is 0 Å². The highest BCUT2D eigenvalue weighted by atomic mass is 16.5. The number of carbonyl (C=O) groups is 2. The molecule has 1 unspecified atom stereocenters. The second-order valence-corrected chi connectivity index (χ2v) is 7.13. The molecule has 1 atom stereocenters. The summed E-state index contributed by atoms with van der Waals surface area (Å²) in [5, 5.41) is 2.75. The van der Waals surface area contributed by atoms with Gasteiger partial charge >= 0.3 is 0 Å². The molecule has 0 radical (unpaired) electrons. The Hall–Kier alpha value is -1.88. The molecular formula is C20H28N2O3. The first kappa shape index (κ1) is 17.9. The Labute approximate surface area is 149 Å². The van der Waals surface area contributed by atoms with Crippen LogP contribution in [0.3, 0.4) is 0 Å². The van der Waals surface area contributed by atoms with E-state index in [0.29, 0.717) is 12.3 Å². The first-order valence-electron chi connectivity index (χ1n) is 9.40. The Morgan fingerprint density at radius 2 is 1.88 bits per heavy atom. The smallest absolute Gasteiger partial charge is 0.241 e. The molecule has 0 saturated carbocycles. The normalized spacial score (nSPS) is 21.3. The minimum atomic E-state index is -0.0841. The van der Waals surface area contributed by atoms with Gasteiger partial charge in [-0.05, 0) is 43.6 Å². The highest BCUT2D eigenvalue weighted by molar-refractivity contribution is 5.85. The predicted molar refractivity (Wildman–Crippen MR) is 96.1 cm³/mol. The molecule has 2 saturated heterocycles. The lowest BCUT2D eigenvalue weighted by Crippen LogP contribution is -2.44. The molecule has 136 valence electrons. The van der Waals surface area contributed by atoms with Crippen molar-refractivity contribution >= 4 is 11.8 Å². The number of ether oxygens (including phenoxy) is 1. The lowest BCUT2D eigenvalue weighted by atomic mass is 9.90. The number of rotatable bonds is 6. The van der Waals surface area contributed by atoms with Crippen molar-refractivity contribution in [2.24, 2.45) is 5.92 Å². The lowest BCUT2D eigenvalue weighted by molar-refractivity contribution is -0.134. The maximum absolute atomic E-state index is 12.3. The maximum Gasteiger partial charge on any atom is 0.241 e. The largest absolute Gasteiger partial charge is 0.378 e. The van der Waals surface area contributed by atoms with E-state index < -0.39 is 0 Å². The van der Waals surface area contributed by atoms with E-state index in [0.717, 1.165) is 51.8 Å². The molecule has 2 heterocycles. The Kier molecular flexibility index (Phi) is 6.45. The van der Waals surface area contributed by atoms with Crippen molar-refractivity contribution in [2.45, 2.75) is 44.6 Å². The molecule has 2 aliphatic heterocycles. The molecule has 0 aliphatic carbocycles. The molecule has 0 aromatic heterocycles. The van der Waals surface area contributed by atoms with E-state index in [9.17, 15) is 9.59 Å². The summed E-state index contributed by atoms with van der Waals surface area (Å²) >= 11 is 0. The van der Waals surface area contributed by atoms with E-state index in [1.165, 1.54) is 5.56 Å².